The number of carbonyl (C=O) groups is 5. The van der Waals surface area contributed by atoms with Crippen LogP contribution in [0.25, 0.3) is 0 Å². The molecule has 3 heterocycles. The molecule has 3 aliphatic rings. The van der Waals surface area contributed by atoms with Crippen LogP contribution < -0.4 is 0 Å². The lowest BCUT2D eigenvalue weighted by Crippen LogP contribution is -2.56. The highest BCUT2D eigenvalue weighted by molar-refractivity contribution is 6.23. The number of carbonyl (C=O) groups excluding carboxylic acids is 4. The highest BCUT2D eigenvalue weighted by Crippen LogP contribution is 2.30. The van der Waals surface area contributed by atoms with Crippen molar-refractivity contribution < 1.29 is 38.6 Å². The molecular weight excluding hydrogens is 437 g/mol. The van der Waals surface area contributed by atoms with Gasteiger partial charge < -0.3 is 10.2 Å². The van der Waals surface area contributed by atoms with Crippen molar-refractivity contribution in [3.63, 3.8) is 0 Å². The fourth-order valence-electron chi connectivity index (χ4n) is 4.23. The van der Waals surface area contributed by atoms with E-state index in [0.717, 1.165) is 36.9 Å². The number of aliphatic hydroxyl groups is 1. The zero-order valence-corrected chi connectivity index (χ0v) is 18.2. The summed E-state index contributed by atoms with van der Waals surface area (Å²) in [6.45, 7) is 3.03. The van der Waals surface area contributed by atoms with Crippen LogP contribution in [-0.4, -0.2) is 92.8 Å². The smallest absolute Gasteiger partial charge is 0.320 e. The number of nitrogens with zero attached hydrogens (tertiary/aromatic N) is 3. The number of benzene rings is 1. The number of fused-ring (bicyclic) bond motifs is 1. The average Bonchev–Trinajstić information content (AvgIpc) is 3.40. The van der Waals surface area contributed by atoms with E-state index in [1.165, 1.54) is 12.1 Å². The summed E-state index contributed by atoms with van der Waals surface area (Å²) in [6, 6.07) is 2.25. The van der Waals surface area contributed by atoms with Gasteiger partial charge >= 0.3 is 5.97 Å². The summed E-state index contributed by atoms with van der Waals surface area (Å²) >= 11 is 0. The summed E-state index contributed by atoms with van der Waals surface area (Å²) in [6.07, 6.45) is 2.26. The van der Waals surface area contributed by atoms with Crippen LogP contribution in [0.2, 0.25) is 0 Å². The number of carboxylic acids is 1. The molecule has 10 nitrogen and oxygen atoms in total. The predicted octanol–water partition coefficient (Wildman–Crippen LogP) is 0.487. The van der Waals surface area contributed by atoms with Gasteiger partial charge in [0.15, 0.2) is 0 Å². The van der Waals surface area contributed by atoms with E-state index in [9.17, 15) is 28.4 Å². The zero-order chi connectivity index (χ0) is 24.3. The molecule has 0 aliphatic carbocycles. The Kier molecular flexibility index (Phi) is 7.54. The Bertz CT molecular complexity index is 977. The van der Waals surface area contributed by atoms with Crippen molar-refractivity contribution in [3.05, 3.63) is 35.1 Å². The molecule has 0 bridgehead atoms. The maximum Gasteiger partial charge on any atom is 0.320 e. The molecule has 2 saturated heterocycles. The number of piperidine rings is 1. The molecule has 3 aliphatic heterocycles. The van der Waals surface area contributed by atoms with Gasteiger partial charge in [-0.2, -0.15) is 0 Å². The molecule has 0 aromatic heterocycles. The van der Waals surface area contributed by atoms with Crippen LogP contribution in [0.5, 0.6) is 0 Å². The average molecular weight is 463 g/mol. The molecule has 4 rings (SSSR count). The lowest BCUT2D eigenvalue weighted by Gasteiger charge is -2.34. The summed E-state index contributed by atoms with van der Waals surface area (Å²) in [4.78, 5) is 62.9. The quantitative estimate of drug-likeness (QED) is 0.602. The molecule has 4 amide bonds. The number of aliphatic hydroxyl groups excluding tert-OH is 1. The molecule has 0 spiro atoms. The second-order valence-electron chi connectivity index (χ2n) is 8.06. The van der Waals surface area contributed by atoms with E-state index in [2.05, 4.69) is 0 Å². The molecule has 1 unspecified atom stereocenters. The highest BCUT2D eigenvalue weighted by atomic mass is 19.1. The van der Waals surface area contributed by atoms with Crippen LogP contribution in [0, 0.1) is 5.82 Å². The first kappa shape index (κ1) is 24.5. The summed E-state index contributed by atoms with van der Waals surface area (Å²) in [7, 11) is 0. The molecule has 33 heavy (non-hydrogen) atoms. The minimum atomic E-state index is -1.16. The maximum atomic E-state index is 13.8. The highest BCUT2D eigenvalue weighted by Gasteiger charge is 2.47. The number of hydrogen-bond donors (Lipinski definition) is 2. The van der Waals surface area contributed by atoms with Crippen LogP contribution >= 0.6 is 0 Å². The van der Waals surface area contributed by atoms with Gasteiger partial charge in [0, 0.05) is 6.42 Å². The number of likely N-dealkylation sites (tertiary alicyclic amines) is 2. The van der Waals surface area contributed by atoms with Gasteiger partial charge in [-0.15, -0.1) is 0 Å². The Balaban J connectivity index is 0.000000257. The summed E-state index contributed by atoms with van der Waals surface area (Å²) in [5.41, 5.74) is -0.440. The van der Waals surface area contributed by atoms with Gasteiger partial charge in [0.05, 0.1) is 24.3 Å². The van der Waals surface area contributed by atoms with Crippen molar-refractivity contribution in [2.75, 3.05) is 26.2 Å². The minimum Gasteiger partial charge on any atom is -0.480 e. The van der Waals surface area contributed by atoms with Crippen molar-refractivity contribution in [1.29, 1.82) is 0 Å². The third-order valence-electron chi connectivity index (χ3n) is 6.06. The largest absolute Gasteiger partial charge is 0.480 e. The Morgan fingerprint density at radius 3 is 2.39 bits per heavy atom. The first-order chi connectivity index (χ1) is 15.7. The number of rotatable bonds is 5. The van der Waals surface area contributed by atoms with Crippen molar-refractivity contribution in [1.82, 2.24) is 14.7 Å². The third kappa shape index (κ3) is 4.79. The van der Waals surface area contributed by atoms with Gasteiger partial charge in [-0.1, -0.05) is 6.07 Å². The van der Waals surface area contributed by atoms with E-state index < -0.39 is 48.1 Å². The third-order valence-corrected chi connectivity index (χ3v) is 6.06. The summed E-state index contributed by atoms with van der Waals surface area (Å²) < 4.78 is 13.8. The normalized spacial score (nSPS) is 21.7. The topological polar surface area (TPSA) is 136 Å². The van der Waals surface area contributed by atoms with Crippen LogP contribution in [0.15, 0.2) is 18.2 Å². The molecule has 0 radical (unpaired) electrons. The molecule has 1 aromatic rings. The van der Waals surface area contributed by atoms with E-state index in [4.69, 9.17) is 10.2 Å². The van der Waals surface area contributed by atoms with Crippen molar-refractivity contribution in [2.45, 2.75) is 44.7 Å². The molecule has 1 aromatic carbocycles. The fourth-order valence-corrected chi connectivity index (χ4v) is 4.23. The van der Waals surface area contributed by atoms with Crippen LogP contribution in [0.4, 0.5) is 4.39 Å². The van der Waals surface area contributed by atoms with Gasteiger partial charge in [-0.25, -0.2) is 4.39 Å². The van der Waals surface area contributed by atoms with Gasteiger partial charge in [0.2, 0.25) is 5.91 Å². The Morgan fingerprint density at radius 2 is 1.82 bits per heavy atom. The van der Waals surface area contributed by atoms with E-state index in [-0.39, 0.29) is 36.6 Å². The van der Waals surface area contributed by atoms with Crippen molar-refractivity contribution in [3.8, 4) is 0 Å². The lowest BCUT2D eigenvalue weighted by molar-refractivity contribution is -0.152. The number of hydrogen-bond acceptors (Lipinski definition) is 7. The number of amides is 4. The van der Waals surface area contributed by atoms with E-state index >= 15 is 0 Å². The maximum absolute atomic E-state index is 13.8. The first-order valence-corrected chi connectivity index (χ1v) is 10.8. The van der Waals surface area contributed by atoms with Crippen LogP contribution in [-0.2, 0) is 14.4 Å². The molecule has 11 heteroatoms. The summed E-state index contributed by atoms with van der Waals surface area (Å²) in [5, 5.41) is 17.5. The Morgan fingerprint density at radius 1 is 1.15 bits per heavy atom. The monoisotopic (exact) mass is 463 g/mol. The van der Waals surface area contributed by atoms with Gasteiger partial charge in [-0.3, -0.25) is 38.7 Å². The van der Waals surface area contributed by atoms with E-state index in [0.29, 0.717) is 4.90 Å². The fraction of sp³-hybridized carbons (Fsp3) is 0.500. The van der Waals surface area contributed by atoms with Crippen molar-refractivity contribution >= 4 is 29.6 Å². The van der Waals surface area contributed by atoms with E-state index in [1.807, 2.05) is 4.90 Å². The van der Waals surface area contributed by atoms with Crippen LogP contribution in [0.3, 0.4) is 0 Å². The molecule has 178 valence electrons. The van der Waals surface area contributed by atoms with E-state index in [1.54, 1.807) is 6.92 Å². The zero-order valence-electron chi connectivity index (χ0n) is 18.2. The standard InChI is InChI=1S/C15H13FN2O5.C7H13NO2/c16-9-3-1-2-8-12(9)15(23)18(13(8)21)10-4-5-11(20)17(6-7-19)14(10)22;1-6(7(9)10)8-4-2-3-5-8/h1-3,10,19H,4-7H2;6H,2-5H2,1H3,(H,9,10)/t;6-/m.0/s1. The van der Waals surface area contributed by atoms with Gasteiger partial charge in [-0.05, 0) is 51.4 Å². The number of imide groups is 2. The SMILES string of the molecule is C[C@@H](C(=O)O)N1CCCC1.O=C1CCC(N2C(=O)c3cccc(F)c3C2=O)C(=O)N1CCO. The minimum absolute atomic E-state index is 0.00726. The molecule has 0 saturated carbocycles. The predicted molar refractivity (Wildman–Crippen MR) is 112 cm³/mol. The van der Waals surface area contributed by atoms with Crippen LogP contribution in [0.1, 0.15) is 53.3 Å². The first-order valence-electron chi connectivity index (χ1n) is 10.8. The number of halogens is 1. The molecule has 2 atom stereocenters. The molecule has 2 fully saturated rings. The van der Waals surface area contributed by atoms with Gasteiger partial charge in [0.25, 0.3) is 17.7 Å². The number of carboxylic acid groups (broad SMARTS) is 1. The van der Waals surface area contributed by atoms with Gasteiger partial charge in [0.1, 0.15) is 17.9 Å². The summed E-state index contributed by atoms with van der Waals surface area (Å²) in [5.74, 6) is -4.36. The number of aliphatic carboxylic acids is 1. The van der Waals surface area contributed by atoms with Crippen molar-refractivity contribution in [2.24, 2.45) is 0 Å². The second-order valence-corrected chi connectivity index (χ2v) is 8.06. The lowest BCUT2D eigenvalue weighted by atomic mass is 10.0. The Hall–Kier alpha value is -3.18. The Labute approximate surface area is 189 Å². The molecular formula is C22H26FN3O7. The molecule has 2 N–H and O–H groups in total. The number of β-amino-alcohol motifs (C(OH)–C–C–N with tert-alkyl or cyclic N) is 1. The second kappa shape index (κ2) is 10.2.